The van der Waals surface area contributed by atoms with Crippen molar-refractivity contribution in [3.05, 3.63) is 35.4 Å². The minimum Gasteiger partial charge on any atom is -0.353 e. The molecule has 0 aromatic heterocycles. The largest absolute Gasteiger partial charge is 0.353 e. The van der Waals surface area contributed by atoms with Gasteiger partial charge in [-0.3, -0.25) is 4.79 Å². The number of rotatable bonds is 5. The Kier molecular flexibility index (Phi) is 6.49. The monoisotopic (exact) mass is 336 g/mol. The molecule has 2 aliphatic rings. The lowest BCUT2D eigenvalue weighted by molar-refractivity contribution is -0.122. The fourth-order valence-electron chi connectivity index (χ4n) is 3.94. The second-order valence-electron chi connectivity index (χ2n) is 7.07. The van der Waals surface area contributed by atoms with Crippen LogP contribution in [0.25, 0.3) is 0 Å². The van der Waals surface area contributed by atoms with Gasteiger partial charge in [-0.15, -0.1) is 12.4 Å². The number of amides is 1. The Bertz CT molecular complexity index is 505. The van der Waals surface area contributed by atoms with E-state index in [0.29, 0.717) is 24.5 Å². The van der Waals surface area contributed by atoms with Gasteiger partial charge in [-0.1, -0.05) is 38.1 Å². The van der Waals surface area contributed by atoms with E-state index in [9.17, 15) is 4.79 Å². The van der Waals surface area contributed by atoms with Crippen molar-refractivity contribution in [1.29, 1.82) is 0 Å². The summed E-state index contributed by atoms with van der Waals surface area (Å²) in [5, 5.41) is 6.88. The summed E-state index contributed by atoms with van der Waals surface area (Å²) in [4.78, 5) is 12.3. The summed E-state index contributed by atoms with van der Waals surface area (Å²) in [6.45, 7) is 4.31. The third-order valence-electron chi connectivity index (χ3n) is 5.29. The molecule has 3 rings (SSSR count). The average Bonchev–Trinajstić information content (AvgIpc) is 2.86. The van der Waals surface area contributed by atoms with E-state index in [-0.39, 0.29) is 24.2 Å². The van der Waals surface area contributed by atoms with E-state index in [1.54, 1.807) is 0 Å². The molecule has 3 nitrogen and oxygen atoms in total. The van der Waals surface area contributed by atoms with Gasteiger partial charge in [0, 0.05) is 24.5 Å². The van der Waals surface area contributed by atoms with Gasteiger partial charge < -0.3 is 10.6 Å². The Labute approximate surface area is 146 Å². The van der Waals surface area contributed by atoms with E-state index < -0.39 is 0 Å². The first-order valence-electron chi connectivity index (χ1n) is 8.78. The molecule has 2 N–H and O–H groups in total. The lowest BCUT2D eigenvalue weighted by atomic mass is 9.95. The van der Waals surface area contributed by atoms with Gasteiger partial charge in [-0.25, -0.2) is 0 Å². The normalized spacial score (nSPS) is 27.1. The quantitative estimate of drug-likeness (QED) is 0.863. The van der Waals surface area contributed by atoms with E-state index in [1.807, 2.05) is 0 Å². The van der Waals surface area contributed by atoms with E-state index in [0.717, 1.165) is 19.3 Å². The Morgan fingerprint density at radius 3 is 2.39 bits per heavy atom. The predicted molar refractivity (Wildman–Crippen MR) is 97.2 cm³/mol. The highest BCUT2D eigenvalue weighted by atomic mass is 35.5. The maximum absolute atomic E-state index is 12.3. The zero-order valence-corrected chi connectivity index (χ0v) is 15.0. The van der Waals surface area contributed by atoms with Crippen molar-refractivity contribution in [2.45, 2.75) is 76.4 Å². The highest BCUT2D eigenvalue weighted by molar-refractivity contribution is 5.85. The smallest absolute Gasteiger partial charge is 0.220 e. The molecule has 1 aromatic rings. The highest BCUT2D eigenvalue weighted by Crippen LogP contribution is 2.27. The minimum atomic E-state index is 0. The predicted octanol–water partition coefficient (Wildman–Crippen LogP) is 3.56. The van der Waals surface area contributed by atoms with Gasteiger partial charge in [0.15, 0.2) is 0 Å². The Balaban J connectivity index is 0.00000192. The average molecular weight is 337 g/mol. The molecule has 2 aliphatic heterocycles. The molecule has 0 saturated carbocycles. The second kappa shape index (κ2) is 8.16. The third-order valence-corrected chi connectivity index (χ3v) is 5.29. The summed E-state index contributed by atoms with van der Waals surface area (Å²) in [7, 11) is 0. The van der Waals surface area contributed by atoms with Crippen molar-refractivity contribution in [2.24, 2.45) is 0 Å². The molecule has 2 saturated heterocycles. The van der Waals surface area contributed by atoms with Crippen LogP contribution in [0.2, 0.25) is 0 Å². The van der Waals surface area contributed by atoms with Crippen LogP contribution in [-0.4, -0.2) is 24.0 Å². The number of nitrogens with one attached hydrogen (secondary N) is 2. The van der Waals surface area contributed by atoms with Crippen LogP contribution in [0.5, 0.6) is 0 Å². The van der Waals surface area contributed by atoms with Gasteiger partial charge in [-0.05, 0) is 49.1 Å². The number of fused-ring (bicyclic) bond motifs is 2. The number of aryl methyl sites for hydroxylation is 1. The Morgan fingerprint density at radius 2 is 1.83 bits per heavy atom. The number of hydrogen-bond acceptors (Lipinski definition) is 2. The van der Waals surface area contributed by atoms with Gasteiger partial charge in [0.2, 0.25) is 5.91 Å². The maximum Gasteiger partial charge on any atom is 0.220 e. The first-order valence-corrected chi connectivity index (χ1v) is 8.78. The van der Waals surface area contributed by atoms with Crippen LogP contribution in [0.3, 0.4) is 0 Å². The lowest BCUT2D eigenvalue weighted by Gasteiger charge is -2.30. The molecule has 3 atom stereocenters. The number of carbonyl (C=O) groups excluding carboxylic acids is 1. The molecule has 23 heavy (non-hydrogen) atoms. The van der Waals surface area contributed by atoms with Crippen LogP contribution >= 0.6 is 12.4 Å². The summed E-state index contributed by atoms with van der Waals surface area (Å²) >= 11 is 0. The summed E-state index contributed by atoms with van der Waals surface area (Å²) < 4.78 is 0. The van der Waals surface area contributed by atoms with Crippen molar-refractivity contribution in [1.82, 2.24) is 10.6 Å². The fraction of sp³-hybridized carbons (Fsp3) is 0.632. The molecule has 0 spiro atoms. The SMILES string of the molecule is CCc1ccc(C(C)CC(=O)NC2CC3CCC(C2)N3)cc1.Cl. The van der Waals surface area contributed by atoms with Crippen LogP contribution in [-0.2, 0) is 11.2 Å². The van der Waals surface area contributed by atoms with E-state index in [4.69, 9.17) is 0 Å². The molecule has 4 heteroatoms. The van der Waals surface area contributed by atoms with E-state index in [2.05, 4.69) is 48.7 Å². The van der Waals surface area contributed by atoms with Crippen LogP contribution in [0, 0.1) is 0 Å². The fourth-order valence-corrected chi connectivity index (χ4v) is 3.94. The molecule has 0 aliphatic carbocycles. The summed E-state index contributed by atoms with van der Waals surface area (Å²) in [6, 6.07) is 10.3. The van der Waals surface area contributed by atoms with E-state index in [1.165, 1.54) is 24.0 Å². The van der Waals surface area contributed by atoms with Gasteiger partial charge in [-0.2, -0.15) is 0 Å². The van der Waals surface area contributed by atoms with Crippen molar-refractivity contribution in [3.8, 4) is 0 Å². The summed E-state index contributed by atoms with van der Waals surface area (Å²) in [5.41, 5.74) is 2.61. The van der Waals surface area contributed by atoms with E-state index >= 15 is 0 Å². The minimum absolute atomic E-state index is 0. The molecule has 0 radical (unpaired) electrons. The standard InChI is InChI=1S/C19H28N2O.ClH/c1-3-14-4-6-15(7-5-14)13(2)10-19(22)21-18-11-16-8-9-17(12-18)20-16;/h4-7,13,16-18,20H,3,8-12H2,1-2H3,(H,21,22);1H. The topological polar surface area (TPSA) is 41.1 Å². The molecule has 2 heterocycles. The zero-order chi connectivity index (χ0) is 15.5. The molecular weight excluding hydrogens is 308 g/mol. The first-order chi connectivity index (χ1) is 10.6. The number of benzene rings is 1. The second-order valence-corrected chi connectivity index (χ2v) is 7.07. The summed E-state index contributed by atoms with van der Waals surface area (Å²) in [6.07, 6.45) is 6.40. The summed E-state index contributed by atoms with van der Waals surface area (Å²) in [5.74, 6) is 0.489. The van der Waals surface area contributed by atoms with Gasteiger partial charge in [0.1, 0.15) is 0 Å². The van der Waals surface area contributed by atoms with Gasteiger partial charge >= 0.3 is 0 Å². The molecule has 128 valence electrons. The molecular formula is C19H29ClN2O. The molecule has 1 amide bonds. The van der Waals surface area contributed by atoms with Crippen LogP contribution in [0.15, 0.2) is 24.3 Å². The van der Waals surface area contributed by atoms with Crippen molar-refractivity contribution >= 4 is 18.3 Å². The molecule has 3 unspecified atom stereocenters. The Morgan fingerprint density at radius 1 is 1.22 bits per heavy atom. The lowest BCUT2D eigenvalue weighted by Crippen LogP contribution is -2.48. The Hall–Kier alpha value is -1.06. The molecule has 1 aromatic carbocycles. The molecule has 2 fully saturated rings. The number of hydrogen-bond donors (Lipinski definition) is 2. The first kappa shape index (κ1) is 18.3. The van der Waals surface area contributed by atoms with Crippen LogP contribution < -0.4 is 10.6 Å². The van der Waals surface area contributed by atoms with Gasteiger partial charge in [0.05, 0.1) is 0 Å². The van der Waals surface area contributed by atoms with Gasteiger partial charge in [0.25, 0.3) is 0 Å². The van der Waals surface area contributed by atoms with Crippen molar-refractivity contribution < 1.29 is 4.79 Å². The van der Waals surface area contributed by atoms with Crippen molar-refractivity contribution in [3.63, 3.8) is 0 Å². The third kappa shape index (κ3) is 4.71. The van der Waals surface area contributed by atoms with Crippen LogP contribution in [0.1, 0.15) is 63.0 Å². The number of carbonyl (C=O) groups is 1. The zero-order valence-electron chi connectivity index (χ0n) is 14.2. The highest BCUT2D eigenvalue weighted by Gasteiger charge is 2.34. The molecule has 2 bridgehead atoms. The number of halogens is 1. The van der Waals surface area contributed by atoms with Crippen LogP contribution in [0.4, 0.5) is 0 Å². The maximum atomic E-state index is 12.3. The number of piperidine rings is 1. The van der Waals surface area contributed by atoms with Crippen molar-refractivity contribution in [2.75, 3.05) is 0 Å².